The van der Waals surface area contributed by atoms with Crippen LogP contribution in [0.3, 0.4) is 0 Å². The van der Waals surface area contributed by atoms with Gasteiger partial charge in [0.2, 0.25) is 0 Å². The van der Waals surface area contributed by atoms with Crippen LogP contribution in [-0.4, -0.2) is 49.8 Å². The molecule has 1 heterocycles. The van der Waals surface area contributed by atoms with Crippen LogP contribution in [0.4, 0.5) is 0 Å². The number of methoxy groups -OCH3 is 2. The average Bonchev–Trinajstić information content (AvgIpc) is 3.22. The molecule has 0 spiro atoms. The van der Waals surface area contributed by atoms with E-state index in [1.54, 1.807) is 26.4 Å². The zero-order valence-corrected chi connectivity index (χ0v) is 19.6. The summed E-state index contributed by atoms with van der Waals surface area (Å²) in [4.78, 5) is 7.04. The molecule has 0 amide bonds. The summed E-state index contributed by atoms with van der Waals surface area (Å²) >= 11 is 0. The van der Waals surface area contributed by atoms with E-state index in [1.165, 1.54) is 5.56 Å². The molecule has 0 aliphatic carbocycles. The zero-order chi connectivity index (χ0) is 19.9. The van der Waals surface area contributed by atoms with E-state index in [0.717, 1.165) is 43.3 Å². The zero-order valence-electron chi connectivity index (χ0n) is 17.2. The second-order valence-corrected chi connectivity index (χ2v) is 6.87. The highest BCUT2D eigenvalue weighted by Crippen LogP contribution is 2.29. The number of nitrogens with one attached hydrogen (secondary N) is 1. The van der Waals surface area contributed by atoms with Gasteiger partial charge in [-0.05, 0) is 49.2 Å². The molecule has 0 radical (unpaired) electrons. The summed E-state index contributed by atoms with van der Waals surface area (Å²) in [6.07, 6.45) is 1.08. The summed E-state index contributed by atoms with van der Waals surface area (Å²) in [5.74, 6) is 3.18. The van der Waals surface area contributed by atoms with Crippen molar-refractivity contribution in [3.8, 4) is 17.2 Å². The van der Waals surface area contributed by atoms with Crippen LogP contribution in [0.1, 0.15) is 30.4 Å². The molecular formula is C22H30IN3O3. The summed E-state index contributed by atoms with van der Waals surface area (Å²) in [5.41, 5.74) is 2.07. The Labute approximate surface area is 190 Å². The number of hydrogen-bond acceptors (Lipinski definition) is 4. The van der Waals surface area contributed by atoms with Gasteiger partial charge in [0.1, 0.15) is 17.2 Å². The van der Waals surface area contributed by atoms with Crippen LogP contribution in [0.5, 0.6) is 17.2 Å². The van der Waals surface area contributed by atoms with E-state index < -0.39 is 0 Å². The Morgan fingerprint density at radius 3 is 2.48 bits per heavy atom. The predicted molar refractivity (Wildman–Crippen MR) is 127 cm³/mol. The van der Waals surface area contributed by atoms with E-state index in [-0.39, 0.29) is 29.7 Å². The Balaban J connectivity index is 0.00000300. The number of aliphatic imine (C=N–C) groups is 1. The highest BCUT2D eigenvalue weighted by atomic mass is 127. The molecule has 2 N–H and O–H groups in total. The lowest BCUT2D eigenvalue weighted by Gasteiger charge is -2.22. The number of halogens is 1. The second kappa shape index (κ2) is 11.1. The van der Waals surface area contributed by atoms with Gasteiger partial charge in [0.15, 0.2) is 5.96 Å². The van der Waals surface area contributed by atoms with Crippen LogP contribution in [-0.2, 0) is 6.54 Å². The highest BCUT2D eigenvalue weighted by molar-refractivity contribution is 14.0. The second-order valence-electron chi connectivity index (χ2n) is 6.87. The van der Waals surface area contributed by atoms with Gasteiger partial charge in [-0.3, -0.25) is 0 Å². The third kappa shape index (κ3) is 5.91. The van der Waals surface area contributed by atoms with Gasteiger partial charge in [-0.1, -0.05) is 12.1 Å². The molecule has 1 atom stereocenters. The largest absolute Gasteiger partial charge is 0.508 e. The quantitative estimate of drug-likeness (QED) is 0.349. The SMILES string of the molecule is CCNC(=NCc1cc(OC)ccc1O)N1CCC(c2ccc(OC)cc2)C1.I. The molecule has 1 aliphatic heterocycles. The van der Waals surface area contributed by atoms with E-state index in [9.17, 15) is 5.11 Å². The van der Waals surface area contributed by atoms with Crippen molar-refractivity contribution in [2.45, 2.75) is 25.8 Å². The summed E-state index contributed by atoms with van der Waals surface area (Å²) in [7, 11) is 3.30. The predicted octanol–water partition coefficient (Wildman–Crippen LogP) is 3.98. The molecule has 1 unspecified atom stereocenters. The fourth-order valence-corrected chi connectivity index (χ4v) is 3.50. The molecule has 0 bridgehead atoms. The first-order chi connectivity index (χ1) is 13.6. The van der Waals surface area contributed by atoms with Crippen LogP contribution in [0.2, 0.25) is 0 Å². The van der Waals surface area contributed by atoms with Gasteiger partial charge in [0, 0.05) is 31.1 Å². The van der Waals surface area contributed by atoms with Gasteiger partial charge < -0.3 is 24.8 Å². The molecule has 2 aromatic carbocycles. The Morgan fingerprint density at radius 1 is 1.14 bits per heavy atom. The highest BCUT2D eigenvalue weighted by Gasteiger charge is 2.26. The maximum atomic E-state index is 10.1. The maximum absolute atomic E-state index is 10.1. The molecule has 158 valence electrons. The number of likely N-dealkylation sites (tertiary alicyclic amines) is 1. The van der Waals surface area contributed by atoms with Gasteiger partial charge in [0.25, 0.3) is 0 Å². The monoisotopic (exact) mass is 511 g/mol. The van der Waals surface area contributed by atoms with Crippen LogP contribution < -0.4 is 14.8 Å². The number of hydrogen-bond donors (Lipinski definition) is 2. The summed E-state index contributed by atoms with van der Waals surface area (Å²) in [6.45, 7) is 5.13. The first kappa shape index (κ1) is 23.1. The first-order valence-corrected chi connectivity index (χ1v) is 9.67. The van der Waals surface area contributed by atoms with Crippen molar-refractivity contribution in [3.05, 3.63) is 53.6 Å². The van der Waals surface area contributed by atoms with Gasteiger partial charge in [-0.25, -0.2) is 4.99 Å². The first-order valence-electron chi connectivity index (χ1n) is 9.67. The lowest BCUT2D eigenvalue weighted by molar-refractivity contribution is 0.410. The Kier molecular flexibility index (Phi) is 8.88. The molecule has 2 aromatic rings. The number of phenolic OH excluding ortho intramolecular Hbond substituents is 1. The van der Waals surface area contributed by atoms with Crippen molar-refractivity contribution in [3.63, 3.8) is 0 Å². The lowest BCUT2D eigenvalue weighted by atomic mass is 9.98. The van der Waals surface area contributed by atoms with Crippen LogP contribution in [0.25, 0.3) is 0 Å². The number of guanidine groups is 1. The summed E-state index contributed by atoms with van der Waals surface area (Å²) in [6, 6.07) is 13.5. The van der Waals surface area contributed by atoms with Crippen molar-refractivity contribution in [1.82, 2.24) is 10.2 Å². The fraction of sp³-hybridized carbons (Fsp3) is 0.409. The number of benzene rings is 2. The van der Waals surface area contributed by atoms with Crippen molar-refractivity contribution >= 4 is 29.9 Å². The van der Waals surface area contributed by atoms with E-state index in [1.807, 2.05) is 18.2 Å². The lowest BCUT2D eigenvalue weighted by Crippen LogP contribution is -2.40. The van der Waals surface area contributed by atoms with Crippen molar-refractivity contribution in [2.24, 2.45) is 4.99 Å². The smallest absolute Gasteiger partial charge is 0.194 e. The van der Waals surface area contributed by atoms with Crippen molar-refractivity contribution < 1.29 is 14.6 Å². The molecule has 6 nitrogen and oxygen atoms in total. The molecule has 1 fully saturated rings. The Morgan fingerprint density at radius 2 is 1.83 bits per heavy atom. The number of nitrogens with zero attached hydrogens (tertiary/aromatic N) is 2. The van der Waals surface area contributed by atoms with E-state index in [2.05, 4.69) is 29.3 Å². The summed E-state index contributed by atoms with van der Waals surface area (Å²) < 4.78 is 10.5. The Bertz CT molecular complexity index is 811. The Hall–Kier alpha value is -2.16. The average molecular weight is 511 g/mol. The molecule has 1 saturated heterocycles. The third-order valence-corrected chi connectivity index (χ3v) is 5.10. The van der Waals surface area contributed by atoms with Crippen LogP contribution >= 0.6 is 24.0 Å². The number of ether oxygens (including phenoxy) is 2. The standard InChI is InChI=1S/C22H29N3O3.HI/c1-4-23-22(24-14-18-13-20(28-3)9-10-21(18)26)25-12-11-17(15-25)16-5-7-19(27-2)8-6-16;/h5-10,13,17,26H,4,11-12,14-15H2,1-3H3,(H,23,24);1H. The minimum Gasteiger partial charge on any atom is -0.508 e. The van der Waals surface area contributed by atoms with Gasteiger partial charge in [0.05, 0.1) is 20.8 Å². The van der Waals surface area contributed by atoms with Crippen molar-refractivity contribution in [1.29, 1.82) is 0 Å². The van der Waals surface area contributed by atoms with Gasteiger partial charge in [-0.15, -0.1) is 24.0 Å². The molecule has 1 aliphatic rings. The van der Waals surface area contributed by atoms with E-state index >= 15 is 0 Å². The number of phenols is 1. The fourth-order valence-electron chi connectivity index (χ4n) is 3.50. The topological polar surface area (TPSA) is 66.3 Å². The number of rotatable bonds is 6. The van der Waals surface area contributed by atoms with E-state index in [4.69, 9.17) is 14.5 Å². The summed E-state index contributed by atoms with van der Waals surface area (Å²) in [5, 5.41) is 13.5. The van der Waals surface area contributed by atoms with Gasteiger partial charge >= 0.3 is 0 Å². The normalized spacial score (nSPS) is 16.3. The molecular weight excluding hydrogens is 481 g/mol. The van der Waals surface area contributed by atoms with Crippen LogP contribution in [0.15, 0.2) is 47.5 Å². The third-order valence-electron chi connectivity index (χ3n) is 5.10. The molecule has 29 heavy (non-hydrogen) atoms. The van der Waals surface area contributed by atoms with Crippen molar-refractivity contribution in [2.75, 3.05) is 33.9 Å². The molecule has 0 aromatic heterocycles. The number of aromatic hydroxyl groups is 1. The van der Waals surface area contributed by atoms with Gasteiger partial charge in [-0.2, -0.15) is 0 Å². The molecule has 0 saturated carbocycles. The molecule has 7 heteroatoms. The minimum atomic E-state index is 0. The maximum Gasteiger partial charge on any atom is 0.194 e. The van der Waals surface area contributed by atoms with E-state index in [0.29, 0.717) is 18.2 Å². The molecule has 3 rings (SSSR count). The minimum absolute atomic E-state index is 0. The van der Waals surface area contributed by atoms with Crippen LogP contribution in [0, 0.1) is 0 Å².